The summed E-state index contributed by atoms with van der Waals surface area (Å²) in [5.41, 5.74) is 1.70. The average molecular weight is 301 g/mol. The van der Waals surface area contributed by atoms with Gasteiger partial charge in [-0.15, -0.1) is 0 Å². The minimum Gasteiger partial charge on any atom is -0.508 e. The summed E-state index contributed by atoms with van der Waals surface area (Å²) in [6, 6.07) is 5.86. The van der Waals surface area contributed by atoms with E-state index in [0.29, 0.717) is 18.6 Å². The first-order valence-electron chi connectivity index (χ1n) is 8.16. The lowest BCUT2D eigenvalue weighted by Crippen LogP contribution is -2.76. The Bertz CT molecular complexity index is 643. The van der Waals surface area contributed by atoms with Crippen LogP contribution >= 0.6 is 0 Å². The van der Waals surface area contributed by atoms with Gasteiger partial charge in [-0.25, -0.2) is 0 Å². The smallest absolute Gasteiger partial charge is 0.134 e. The number of methoxy groups -OCH3 is 1. The van der Waals surface area contributed by atoms with E-state index in [9.17, 15) is 9.90 Å². The van der Waals surface area contributed by atoms with E-state index < -0.39 is 0 Å². The largest absolute Gasteiger partial charge is 0.508 e. The number of nitrogens with one attached hydrogen (secondary N) is 1. The van der Waals surface area contributed by atoms with Crippen LogP contribution in [0, 0.1) is 5.92 Å². The predicted octanol–water partition coefficient (Wildman–Crippen LogP) is 1.93. The van der Waals surface area contributed by atoms with Gasteiger partial charge in [0.2, 0.25) is 0 Å². The van der Waals surface area contributed by atoms with E-state index in [4.69, 9.17) is 4.74 Å². The number of hydrogen-bond acceptors (Lipinski definition) is 4. The maximum absolute atomic E-state index is 12.4. The van der Waals surface area contributed by atoms with Crippen LogP contribution in [-0.2, 0) is 21.4 Å². The predicted molar refractivity (Wildman–Crippen MR) is 83.0 cm³/mol. The highest BCUT2D eigenvalue weighted by Crippen LogP contribution is 2.59. The van der Waals surface area contributed by atoms with Crippen molar-refractivity contribution in [1.82, 2.24) is 5.32 Å². The van der Waals surface area contributed by atoms with Gasteiger partial charge in [0.05, 0.1) is 5.60 Å². The number of hydrogen-bond donors (Lipinski definition) is 2. The number of aromatic hydroxyl groups is 1. The Morgan fingerprint density at radius 1 is 1.36 bits per heavy atom. The number of carbonyl (C=O) groups excluding carboxylic acids is 1. The lowest BCUT2D eigenvalue weighted by molar-refractivity contribution is -0.182. The fourth-order valence-electron chi connectivity index (χ4n) is 5.69. The van der Waals surface area contributed by atoms with Crippen molar-refractivity contribution in [3.8, 4) is 5.75 Å². The Labute approximate surface area is 130 Å². The first-order valence-corrected chi connectivity index (χ1v) is 8.16. The minimum absolute atomic E-state index is 0.173. The zero-order valence-electron chi connectivity index (χ0n) is 13.2. The number of ether oxygens (including phenoxy) is 1. The number of carbonyl (C=O) groups is 1. The normalized spacial score (nSPS) is 40.0. The summed E-state index contributed by atoms with van der Waals surface area (Å²) in [7, 11) is 1.79. The van der Waals surface area contributed by atoms with Crippen LogP contribution in [0.5, 0.6) is 5.75 Å². The lowest BCUT2D eigenvalue weighted by Gasteiger charge is -2.64. The van der Waals surface area contributed by atoms with Crippen LogP contribution in [0.2, 0.25) is 0 Å². The average Bonchev–Trinajstić information content (AvgIpc) is 2.47. The van der Waals surface area contributed by atoms with Crippen LogP contribution in [0.4, 0.5) is 0 Å². The Kier molecular flexibility index (Phi) is 2.94. The topological polar surface area (TPSA) is 58.6 Å². The molecule has 1 saturated carbocycles. The van der Waals surface area contributed by atoms with E-state index in [2.05, 4.69) is 12.2 Å². The number of Topliss-reactive ketones (excluding diaryl/α,β-unsaturated/α-hetero) is 1. The molecule has 4 atom stereocenters. The maximum Gasteiger partial charge on any atom is 0.134 e. The summed E-state index contributed by atoms with van der Waals surface area (Å²) in [5, 5.41) is 13.7. The van der Waals surface area contributed by atoms with Gasteiger partial charge in [-0.05, 0) is 48.6 Å². The fourth-order valence-corrected chi connectivity index (χ4v) is 5.69. The molecule has 1 aromatic rings. The SMILES string of the molecule is CO[C@@]12C(C)CC(=O)C[C@@]13CCN[C@@H]2Cc1ccc(O)cc13. The molecular weight excluding hydrogens is 278 g/mol. The molecule has 2 bridgehead atoms. The molecule has 1 heterocycles. The number of phenolic OH excluding ortho intramolecular Hbond substituents is 1. The van der Waals surface area contributed by atoms with Gasteiger partial charge in [0.1, 0.15) is 11.5 Å². The Balaban J connectivity index is 2.02. The number of piperidine rings is 1. The molecule has 22 heavy (non-hydrogen) atoms. The molecule has 0 aromatic heterocycles. The molecule has 118 valence electrons. The van der Waals surface area contributed by atoms with Gasteiger partial charge in [-0.1, -0.05) is 13.0 Å². The zero-order chi connectivity index (χ0) is 15.5. The number of fused-ring (bicyclic) bond motifs is 1. The number of rotatable bonds is 1. The van der Waals surface area contributed by atoms with Gasteiger partial charge in [-0.2, -0.15) is 0 Å². The van der Waals surface area contributed by atoms with Crippen molar-refractivity contribution in [2.75, 3.05) is 13.7 Å². The second-order valence-electron chi connectivity index (χ2n) is 7.20. The lowest BCUT2D eigenvalue weighted by atomic mass is 9.47. The molecule has 3 aliphatic rings. The van der Waals surface area contributed by atoms with Crippen molar-refractivity contribution in [2.24, 2.45) is 5.92 Å². The monoisotopic (exact) mass is 301 g/mol. The van der Waals surface area contributed by atoms with Crippen molar-refractivity contribution in [2.45, 2.75) is 49.7 Å². The summed E-state index contributed by atoms with van der Waals surface area (Å²) in [6.45, 7) is 3.04. The number of ketones is 1. The standard InChI is InChI=1S/C18H23NO3/c1-11-7-14(21)10-17-5-6-19-16(18(11,17)22-2)8-12-3-4-13(20)9-15(12)17/h3-4,9,11,16,19-20H,5-8,10H2,1-2H3/t11?,16-,17-,18-/m1/s1. The van der Waals surface area contributed by atoms with Crippen LogP contribution in [0.3, 0.4) is 0 Å². The molecule has 4 rings (SSSR count). The van der Waals surface area contributed by atoms with E-state index >= 15 is 0 Å². The molecule has 0 spiro atoms. The molecule has 4 heteroatoms. The molecule has 2 N–H and O–H groups in total. The zero-order valence-corrected chi connectivity index (χ0v) is 13.2. The van der Waals surface area contributed by atoms with Gasteiger partial charge in [0.25, 0.3) is 0 Å². The third-order valence-electron chi connectivity index (χ3n) is 6.34. The van der Waals surface area contributed by atoms with Crippen molar-refractivity contribution < 1.29 is 14.6 Å². The number of phenols is 1. The summed E-state index contributed by atoms with van der Waals surface area (Å²) in [6.07, 6.45) is 2.88. The second kappa shape index (κ2) is 4.56. The molecular formula is C18H23NO3. The molecule has 2 aliphatic carbocycles. The van der Waals surface area contributed by atoms with Crippen LogP contribution in [0.25, 0.3) is 0 Å². The first kappa shape index (κ1) is 14.2. The van der Waals surface area contributed by atoms with Crippen LogP contribution in [0.15, 0.2) is 18.2 Å². The second-order valence-corrected chi connectivity index (χ2v) is 7.20. The maximum atomic E-state index is 12.4. The number of benzene rings is 1. The third-order valence-corrected chi connectivity index (χ3v) is 6.34. The molecule has 0 radical (unpaired) electrons. The summed E-state index contributed by atoms with van der Waals surface area (Å²) in [5.74, 6) is 0.768. The quantitative estimate of drug-likeness (QED) is 0.832. The molecule has 0 amide bonds. The minimum atomic E-state index is -0.361. The Morgan fingerprint density at radius 3 is 2.95 bits per heavy atom. The summed E-state index contributed by atoms with van der Waals surface area (Å²) < 4.78 is 6.20. The summed E-state index contributed by atoms with van der Waals surface area (Å²) in [4.78, 5) is 12.4. The molecule has 1 saturated heterocycles. The molecule has 1 unspecified atom stereocenters. The van der Waals surface area contributed by atoms with Gasteiger partial charge >= 0.3 is 0 Å². The molecule has 1 aliphatic heterocycles. The van der Waals surface area contributed by atoms with Gasteiger partial charge < -0.3 is 15.2 Å². The van der Waals surface area contributed by atoms with E-state index in [-0.39, 0.29) is 28.7 Å². The fraction of sp³-hybridized carbons (Fsp3) is 0.611. The van der Waals surface area contributed by atoms with Crippen molar-refractivity contribution in [1.29, 1.82) is 0 Å². The highest BCUT2D eigenvalue weighted by atomic mass is 16.5. The van der Waals surface area contributed by atoms with Crippen molar-refractivity contribution >= 4 is 5.78 Å². The van der Waals surface area contributed by atoms with Gasteiger partial charge in [0.15, 0.2) is 0 Å². The molecule has 1 aromatic carbocycles. The van der Waals surface area contributed by atoms with E-state index in [1.165, 1.54) is 5.56 Å². The Morgan fingerprint density at radius 2 is 2.18 bits per heavy atom. The summed E-state index contributed by atoms with van der Waals surface area (Å²) >= 11 is 0. The highest BCUT2D eigenvalue weighted by molar-refractivity contribution is 5.83. The van der Waals surface area contributed by atoms with Gasteiger partial charge in [0, 0.05) is 31.4 Å². The van der Waals surface area contributed by atoms with E-state index in [1.54, 1.807) is 13.2 Å². The van der Waals surface area contributed by atoms with E-state index in [1.807, 2.05) is 12.1 Å². The highest BCUT2D eigenvalue weighted by Gasteiger charge is 2.66. The van der Waals surface area contributed by atoms with Crippen LogP contribution < -0.4 is 5.32 Å². The third kappa shape index (κ3) is 1.52. The van der Waals surface area contributed by atoms with Crippen LogP contribution in [0.1, 0.15) is 37.3 Å². The van der Waals surface area contributed by atoms with E-state index in [0.717, 1.165) is 24.9 Å². The van der Waals surface area contributed by atoms with Crippen molar-refractivity contribution in [3.63, 3.8) is 0 Å². The Hall–Kier alpha value is -1.39. The van der Waals surface area contributed by atoms with Crippen molar-refractivity contribution in [3.05, 3.63) is 29.3 Å². The molecule has 2 fully saturated rings. The van der Waals surface area contributed by atoms with Gasteiger partial charge in [-0.3, -0.25) is 4.79 Å². The first-order chi connectivity index (χ1) is 10.5. The molecule has 4 nitrogen and oxygen atoms in total. The van der Waals surface area contributed by atoms with Crippen LogP contribution in [-0.4, -0.2) is 36.2 Å².